The van der Waals surface area contributed by atoms with E-state index in [2.05, 4.69) is 16.8 Å². The number of nitrogens with one attached hydrogen (secondary N) is 1. The van der Waals surface area contributed by atoms with Gasteiger partial charge in [-0.3, -0.25) is 9.59 Å². The fourth-order valence-electron chi connectivity index (χ4n) is 3.27. The number of carbonyl (C=O) groups is 3. The molecule has 29 heavy (non-hydrogen) atoms. The molecule has 0 aliphatic rings. The summed E-state index contributed by atoms with van der Waals surface area (Å²) in [5, 5.41) is 2.87. The number of aromatic nitrogens is 1. The Morgan fingerprint density at radius 2 is 1.93 bits per heavy atom. The average molecular weight is 420 g/mol. The summed E-state index contributed by atoms with van der Waals surface area (Å²) in [7, 11) is 0. The van der Waals surface area contributed by atoms with E-state index >= 15 is 0 Å². The second kappa shape index (κ2) is 10.1. The van der Waals surface area contributed by atoms with Gasteiger partial charge in [-0.05, 0) is 38.0 Å². The van der Waals surface area contributed by atoms with Crippen molar-refractivity contribution in [3.05, 3.63) is 57.9 Å². The molecule has 1 heterocycles. The van der Waals surface area contributed by atoms with E-state index in [1.54, 1.807) is 24.3 Å². The summed E-state index contributed by atoms with van der Waals surface area (Å²) in [5.74, 6) is -0.912. The maximum Gasteiger partial charge on any atom is 0.312 e. The summed E-state index contributed by atoms with van der Waals surface area (Å²) in [6, 6.07) is 7.07. The van der Waals surface area contributed by atoms with Crippen molar-refractivity contribution in [1.82, 2.24) is 9.88 Å². The van der Waals surface area contributed by atoms with Crippen molar-refractivity contribution in [2.75, 3.05) is 6.61 Å². The lowest BCUT2D eigenvalue weighted by Gasteiger charge is -2.18. The van der Waals surface area contributed by atoms with Crippen LogP contribution in [0.15, 0.2) is 30.3 Å². The van der Waals surface area contributed by atoms with Crippen molar-refractivity contribution in [1.29, 1.82) is 0 Å². The number of halogens is 1. The Balaban J connectivity index is 2.04. The van der Waals surface area contributed by atoms with Crippen LogP contribution in [0.25, 0.3) is 0 Å². The van der Waals surface area contributed by atoms with E-state index < -0.39 is 18.0 Å². The number of primary amides is 1. The molecule has 8 heteroatoms. The van der Waals surface area contributed by atoms with E-state index in [0.29, 0.717) is 16.1 Å². The number of Topliss-reactive ketones (excluding diaryl/α,β-unsaturated/α-hetero) is 1. The normalized spacial score (nSPS) is 11.7. The maximum atomic E-state index is 12.5. The third-order valence-electron chi connectivity index (χ3n) is 4.65. The minimum Gasteiger partial charge on any atom is -0.457 e. The molecule has 0 spiro atoms. The molecular formula is C21H26ClN3O4. The zero-order valence-electron chi connectivity index (χ0n) is 16.8. The Labute approximate surface area is 175 Å². The van der Waals surface area contributed by atoms with E-state index in [0.717, 1.165) is 24.4 Å². The van der Waals surface area contributed by atoms with Gasteiger partial charge in [0.05, 0.1) is 12.5 Å². The van der Waals surface area contributed by atoms with Gasteiger partial charge in [-0.25, -0.2) is 4.79 Å². The lowest BCUT2D eigenvalue weighted by atomic mass is 10.0. The Hall–Kier alpha value is -2.80. The lowest BCUT2D eigenvalue weighted by molar-refractivity contribution is -0.143. The summed E-state index contributed by atoms with van der Waals surface area (Å²) in [6.45, 7) is 6.33. The Morgan fingerprint density at radius 1 is 1.24 bits per heavy atom. The van der Waals surface area contributed by atoms with Crippen LogP contribution in [0.4, 0.5) is 4.79 Å². The van der Waals surface area contributed by atoms with Crippen LogP contribution in [-0.2, 0) is 16.1 Å². The van der Waals surface area contributed by atoms with Gasteiger partial charge in [0.1, 0.15) is 0 Å². The molecule has 7 nitrogen and oxygen atoms in total. The van der Waals surface area contributed by atoms with E-state index in [4.69, 9.17) is 22.1 Å². The Bertz CT molecular complexity index is 907. The largest absolute Gasteiger partial charge is 0.457 e. The van der Waals surface area contributed by atoms with Gasteiger partial charge in [-0.2, -0.15) is 0 Å². The summed E-state index contributed by atoms with van der Waals surface area (Å²) >= 11 is 6.15. The van der Waals surface area contributed by atoms with Gasteiger partial charge in [-0.15, -0.1) is 0 Å². The minimum atomic E-state index is -0.790. The zero-order valence-corrected chi connectivity index (χ0v) is 17.6. The van der Waals surface area contributed by atoms with E-state index in [-0.39, 0.29) is 18.8 Å². The number of nitrogens with zero attached hydrogens (tertiary/aromatic N) is 1. The standard InChI is InChI=1S/C21H26ClN3O4/c1-4-9-25-13(2)10-16(14(25)3)19(26)12-29-20(27)11-18(24-21(23)28)15-7-5-6-8-17(15)22/h5-8,10,18H,4,9,11-12H2,1-3H3,(H3,23,24,28)/t18-/m1/s1. The van der Waals surface area contributed by atoms with Crippen LogP contribution in [0, 0.1) is 13.8 Å². The van der Waals surface area contributed by atoms with Gasteiger partial charge in [-0.1, -0.05) is 36.7 Å². The van der Waals surface area contributed by atoms with Crippen LogP contribution < -0.4 is 11.1 Å². The van der Waals surface area contributed by atoms with Crippen molar-refractivity contribution in [2.45, 2.75) is 46.2 Å². The fourth-order valence-corrected chi connectivity index (χ4v) is 3.54. The molecule has 0 unspecified atom stereocenters. The average Bonchev–Trinajstić information content (AvgIpc) is 2.94. The van der Waals surface area contributed by atoms with Crippen molar-refractivity contribution < 1.29 is 19.1 Å². The lowest BCUT2D eigenvalue weighted by Crippen LogP contribution is -2.35. The predicted molar refractivity (Wildman–Crippen MR) is 111 cm³/mol. The number of hydrogen-bond acceptors (Lipinski definition) is 4. The molecule has 1 atom stereocenters. The SMILES string of the molecule is CCCn1c(C)cc(C(=O)COC(=O)C[C@@H](NC(N)=O)c2ccccc2Cl)c1C. The van der Waals surface area contributed by atoms with Crippen molar-refractivity contribution in [3.63, 3.8) is 0 Å². The van der Waals surface area contributed by atoms with Crippen molar-refractivity contribution in [3.8, 4) is 0 Å². The molecule has 2 amide bonds. The smallest absolute Gasteiger partial charge is 0.312 e. The molecule has 0 bridgehead atoms. The Kier molecular flexibility index (Phi) is 7.84. The van der Waals surface area contributed by atoms with Gasteiger partial charge < -0.3 is 20.4 Å². The van der Waals surface area contributed by atoms with Crippen molar-refractivity contribution >= 4 is 29.4 Å². The third-order valence-corrected chi connectivity index (χ3v) is 5.00. The second-order valence-electron chi connectivity index (χ2n) is 6.81. The number of urea groups is 1. The zero-order chi connectivity index (χ0) is 21.6. The third kappa shape index (κ3) is 5.84. The number of hydrogen-bond donors (Lipinski definition) is 2. The summed E-state index contributed by atoms with van der Waals surface area (Å²) < 4.78 is 7.23. The number of esters is 1. The van der Waals surface area contributed by atoms with Gasteiger partial charge in [0.15, 0.2) is 6.61 Å². The molecule has 0 aliphatic carbocycles. The van der Waals surface area contributed by atoms with Crippen LogP contribution in [-0.4, -0.2) is 29.0 Å². The number of rotatable bonds is 9. The first-order valence-electron chi connectivity index (χ1n) is 9.40. The topological polar surface area (TPSA) is 103 Å². The molecule has 3 N–H and O–H groups in total. The number of ketones is 1. The number of benzene rings is 1. The highest BCUT2D eigenvalue weighted by atomic mass is 35.5. The van der Waals surface area contributed by atoms with Crippen LogP contribution in [0.1, 0.15) is 53.1 Å². The highest BCUT2D eigenvalue weighted by Crippen LogP contribution is 2.25. The summed E-state index contributed by atoms with van der Waals surface area (Å²) in [6.07, 6.45) is 0.754. The molecule has 2 aromatic rings. The molecule has 1 aromatic carbocycles. The van der Waals surface area contributed by atoms with Crippen LogP contribution in [0.5, 0.6) is 0 Å². The summed E-state index contributed by atoms with van der Waals surface area (Å²) in [5.41, 5.74) is 8.14. The van der Waals surface area contributed by atoms with Gasteiger partial charge in [0.25, 0.3) is 0 Å². The molecule has 0 fully saturated rings. The number of ether oxygens (including phenoxy) is 1. The highest BCUT2D eigenvalue weighted by Gasteiger charge is 2.22. The molecular weight excluding hydrogens is 394 g/mol. The van der Waals surface area contributed by atoms with Crippen LogP contribution >= 0.6 is 11.6 Å². The number of amides is 2. The molecule has 0 saturated carbocycles. The van der Waals surface area contributed by atoms with Gasteiger partial charge in [0, 0.05) is 28.5 Å². The van der Waals surface area contributed by atoms with E-state index in [9.17, 15) is 14.4 Å². The predicted octanol–water partition coefficient (Wildman–Crippen LogP) is 3.69. The van der Waals surface area contributed by atoms with Crippen LogP contribution in [0.3, 0.4) is 0 Å². The monoisotopic (exact) mass is 419 g/mol. The molecule has 0 saturated heterocycles. The van der Waals surface area contributed by atoms with E-state index in [1.807, 2.05) is 19.9 Å². The van der Waals surface area contributed by atoms with Gasteiger partial charge >= 0.3 is 12.0 Å². The van der Waals surface area contributed by atoms with Crippen LogP contribution in [0.2, 0.25) is 5.02 Å². The maximum absolute atomic E-state index is 12.5. The number of carbonyl (C=O) groups excluding carboxylic acids is 3. The fraction of sp³-hybridized carbons (Fsp3) is 0.381. The number of nitrogens with two attached hydrogens (primary N) is 1. The quantitative estimate of drug-likeness (QED) is 0.477. The molecule has 156 valence electrons. The molecule has 0 radical (unpaired) electrons. The first-order chi connectivity index (χ1) is 13.7. The van der Waals surface area contributed by atoms with Crippen molar-refractivity contribution in [2.24, 2.45) is 5.73 Å². The first-order valence-corrected chi connectivity index (χ1v) is 9.78. The second-order valence-corrected chi connectivity index (χ2v) is 7.21. The molecule has 0 aliphatic heterocycles. The Morgan fingerprint density at radius 3 is 2.55 bits per heavy atom. The first kappa shape index (κ1) is 22.5. The van der Waals surface area contributed by atoms with E-state index in [1.165, 1.54) is 0 Å². The number of aryl methyl sites for hydroxylation is 1. The summed E-state index contributed by atoms with van der Waals surface area (Å²) in [4.78, 5) is 36.1. The molecule has 1 aromatic heterocycles. The molecule has 2 rings (SSSR count). The highest BCUT2D eigenvalue weighted by molar-refractivity contribution is 6.31. The van der Waals surface area contributed by atoms with Gasteiger partial charge in [0.2, 0.25) is 5.78 Å². The minimum absolute atomic E-state index is 0.200.